The molecule has 0 spiro atoms. The maximum Gasteiger partial charge on any atom is 0.261 e. The molecule has 1 saturated heterocycles. The first-order valence-corrected chi connectivity index (χ1v) is 13.1. The predicted octanol–water partition coefficient (Wildman–Crippen LogP) is 3.23. The molecule has 174 valence electrons. The maximum atomic E-state index is 12.9. The zero-order valence-corrected chi connectivity index (χ0v) is 20.2. The molecule has 2 heterocycles. The number of thioether (sulfide) groups is 1. The second-order valence-corrected chi connectivity index (χ2v) is 11.3. The Hall–Kier alpha value is -2.69. The Balaban J connectivity index is 1.50. The third-order valence-corrected chi connectivity index (χ3v) is 8.69. The molecule has 0 radical (unpaired) electrons. The fourth-order valence-electron chi connectivity index (χ4n) is 3.75. The number of piperidine rings is 1. The summed E-state index contributed by atoms with van der Waals surface area (Å²) in [5.41, 5.74) is 0.809. The van der Waals surface area contributed by atoms with Gasteiger partial charge in [0, 0.05) is 25.8 Å². The van der Waals surface area contributed by atoms with E-state index >= 15 is 0 Å². The molecule has 4 rings (SSSR count). The summed E-state index contributed by atoms with van der Waals surface area (Å²) in [7, 11) is -1.96. The number of carbonyl (C=O) groups is 1. The molecule has 1 amide bonds. The monoisotopic (exact) mass is 486 g/mol. The molecule has 1 fully saturated rings. The van der Waals surface area contributed by atoms with Crippen molar-refractivity contribution in [3.8, 4) is 0 Å². The molecular formula is C23H26N4O4S2. The Morgan fingerprint density at radius 1 is 1.09 bits per heavy atom. The number of nitrogens with one attached hydrogen (secondary N) is 1. The van der Waals surface area contributed by atoms with Gasteiger partial charge in [0.25, 0.3) is 5.56 Å². The molecule has 1 N–H and O–H groups in total. The zero-order valence-electron chi connectivity index (χ0n) is 18.5. The highest BCUT2D eigenvalue weighted by atomic mass is 32.2. The third-order valence-electron chi connectivity index (χ3n) is 5.65. The maximum absolute atomic E-state index is 12.9. The van der Waals surface area contributed by atoms with Gasteiger partial charge in [-0.15, -0.1) is 0 Å². The number of sulfonamides is 1. The number of hydrogen-bond donors (Lipinski definition) is 1. The molecule has 3 aromatic rings. The van der Waals surface area contributed by atoms with Crippen molar-refractivity contribution in [3.63, 3.8) is 0 Å². The van der Waals surface area contributed by atoms with Gasteiger partial charge in [0.1, 0.15) is 0 Å². The first-order valence-electron chi connectivity index (χ1n) is 10.8. The number of amides is 1. The molecule has 0 bridgehead atoms. The van der Waals surface area contributed by atoms with Crippen LogP contribution in [0.4, 0.5) is 5.69 Å². The first kappa shape index (κ1) is 23.5. The molecule has 1 aliphatic rings. The summed E-state index contributed by atoms with van der Waals surface area (Å²) < 4.78 is 28.8. The number of para-hydroxylation sites is 1. The van der Waals surface area contributed by atoms with E-state index < -0.39 is 15.3 Å². The van der Waals surface area contributed by atoms with Gasteiger partial charge in [-0.2, -0.15) is 4.31 Å². The van der Waals surface area contributed by atoms with Gasteiger partial charge in [-0.1, -0.05) is 36.4 Å². The van der Waals surface area contributed by atoms with Crippen LogP contribution in [0.5, 0.6) is 0 Å². The van der Waals surface area contributed by atoms with E-state index in [-0.39, 0.29) is 16.4 Å². The van der Waals surface area contributed by atoms with Crippen LogP contribution < -0.4 is 10.9 Å². The molecule has 0 aliphatic carbocycles. The van der Waals surface area contributed by atoms with E-state index in [0.29, 0.717) is 34.8 Å². The Kier molecular flexibility index (Phi) is 6.87. The largest absolute Gasteiger partial charge is 0.325 e. The lowest BCUT2D eigenvalue weighted by molar-refractivity contribution is -0.115. The van der Waals surface area contributed by atoms with E-state index in [0.717, 1.165) is 19.3 Å². The molecule has 33 heavy (non-hydrogen) atoms. The predicted molar refractivity (Wildman–Crippen MR) is 130 cm³/mol. The van der Waals surface area contributed by atoms with Crippen molar-refractivity contribution in [1.29, 1.82) is 0 Å². The van der Waals surface area contributed by atoms with E-state index in [1.165, 1.54) is 26.7 Å². The minimum absolute atomic E-state index is 0.168. The topological polar surface area (TPSA) is 101 Å². The number of anilines is 1. The van der Waals surface area contributed by atoms with Gasteiger partial charge in [-0.25, -0.2) is 13.4 Å². The van der Waals surface area contributed by atoms with Crippen LogP contribution in [0.1, 0.15) is 26.2 Å². The van der Waals surface area contributed by atoms with Crippen molar-refractivity contribution in [2.24, 2.45) is 7.05 Å². The summed E-state index contributed by atoms with van der Waals surface area (Å²) in [5, 5.41) is 3.18. The summed E-state index contributed by atoms with van der Waals surface area (Å²) in [6, 6.07) is 13.4. The number of carbonyl (C=O) groups excluding carboxylic acids is 1. The summed E-state index contributed by atoms with van der Waals surface area (Å²) >= 11 is 1.17. The molecule has 10 heteroatoms. The van der Waals surface area contributed by atoms with Gasteiger partial charge in [0.15, 0.2) is 5.16 Å². The summed E-state index contributed by atoms with van der Waals surface area (Å²) in [4.78, 5) is 30.1. The van der Waals surface area contributed by atoms with Gasteiger partial charge in [-0.3, -0.25) is 14.2 Å². The molecule has 0 saturated carbocycles. The molecule has 1 aromatic heterocycles. The van der Waals surface area contributed by atoms with E-state index in [2.05, 4.69) is 10.3 Å². The normalized spacial score (nSPS) is 15.9. The summed E-state index contributed by atoms with van der Waals surface area (Å²) in [6.07, 6.45) is 2.75. The standard InChI is InChI=1S/C23H26N4O4S2/c1-16(32-23-25-20-12-5-4-11-19(20)22(29)26(23)2)21(28)24-17-9-8-10-18(15-17)33(30,31)27-13-6-3-7-14-27/h4-5,8-12,15-16H,3,6-7,13-14H2,1-2H3,(H,24,28). The minimum Gasteiger partial charge on any atom is -0.325 e. The number of rotatable bonds is 6. The van der Waals surface area contributed by atoms with Gasteiger partial charge in [0.2, 0.25) is 15.9 Å². The average Bonchev–Trinajstić information content (AvgIpc) is 2.83. The second-order valence-electron chi connectivity index (χ2n) is 8.02. The van der Waals surface area contributed by atoms with Crippen molar-refractivity contribution in [2.45, 2.75) is 41.5 Å². The van der Waals surface area contributed by atoms with Crippen LogP contribution in [0.25, 0.3) is 10.9 Å². The molecule has 1 aliphatic heterocycles. The molecule has 1 unspecified atom stereocenters. The molecule has 2 aromatic carbocycles. The number of benzene rings is 2. The van der Waals surface area contributed by atoms with Gasteiger partial charge in [-0.05, 0) is 50.1 Å². The lowest BCUT2D eigenvalue weighted by Crippen LogP contribution is -2.35. The molecule has 1 atom stereocenters. The fourth-order valence-corrected chi connectivity index (χ4v) is 6.18. The highest BCUT2D eigenvalue weighted by Gasteiger charge is 2.26. The Bertz CT molecular complexity index is 1350. The SMILES string of the molecule is CC(Sc1nc2ccccc2c(=O)n1C)C(=O)Nc1cccc(S(=O)(=O)N2CCCCC2)c1. The van der Waals surface area contributed by atoms with Crippen LogP contribution in [0.3, 0.4) is 0 Å². The van der Waals surface area contributed by atoms with Crippen LogP contribution in [0, 0.1) is 0 Å². The zero-order chi connectivity index (χ0) is 23.6. The summed E-state index contributed by atoms with van der Waals surface area (Å²) in [5.74, 6) is -0.310. The highest BCUT2D eigenvalue weighted by molar-refractivity contribution is 8.00. The van der Waals surface area contributed by atoms with Crippen molar-refractivity contribution < 1.29 is 13.2 Å². The Morgan fingerprint density at radius 3 is 2.58 bits per heavy atom. The summed E-state index contributed by atoms with van der Waals surface area (Å²) in [6.45, 7) is 2.75. The van der Waals surface area contributed by atoms with Crippen molar-refractivity contribution in [2.75, 3.05) is 18.4 Å². The van der Waals surface area contributed by atoms with E-state index in [4.69, 9.17) is 0 Å². The van der Waals surface area contributed by atoms with Crippen LogP contribution in [0.2, 0.25) is 0 Å². The second kappa shape index (κ2) is 9.66. The van der Waals surface area contributed by atoms with E-state index in [9.17, 15) is 18.0 Å². The van der Waals surface area contributed by atoms with Gasteiger partial charge < -0.3 is 5.32 Å². The van der Waals surface area contributed by atoms with Crippen LogP contribution in [0.15, 0.2) is 63.4 Å². The Labute approximate surface area is 197 Å². The van der Waals surface area contributed by atoms with Gasteiger partial charge in [0.05, 0.1) is 21.0 Å². The average molecular weight is 487 g/mol. The smallest absolute Gasteiger partial charge is 0.261 e. The highest BCUT2D eigenvalue weighted by Crippen LogP contribution is 2.25. The van der Waals surface area contributed by atoms with Crippen LogP contribution in [-0.2, 0) is 21.9 Å². The number of hydrogen-bond acceptors (Lipinski definition) is 6. The van der Waals surface area contributed by atoms with Crippen molar-refractivity contribution >= 4 is 44.3 Å². The number of aromatic nitrogens is 2. The van der Waals surface area contributed by atoms with Gasteiger partial charge >= 0.3 is 0 Å². The number of fused-ring (bicyclic) bond motifs is 1. The van der Waals surface area contributed by atoms with Crippen molar-refractivity contribution in [1.82, 2.24) is 13.9 Å². The fraction of sp³-hybridized carbons (Fsp3) is 0.348. The minimum atomic E-state index is -3.59. The van der Waals surface area contributed by atoms with Crippen molar-refractivity contribution in [3.05, 3.63) is 58.9 Å². The van der Waals surface area contributed by atoms with Crippen LogP contribution >= 0.6 is 11.8 Å². The third kappa shape index (κ3) is 4.97. The van der Waals surface area contributed by atoms with E-state index in [1.54, 1.807) is 50.4 Å². The lowest BCUT2D eigenvalue weighted by atomic mass is 10.2. The first-order chi connectivity index (χ1) is 15.8. The Morgan fingerprint density at radius 2 is 1.82 bits per heavy atom. The van der Waals surface area contributed by atoms with E-state index in [1.807, 2.05) is 6.07 Å². The molecule has 8 nitrogen and oxygen atoms in total. The van der Waals surface area contributed by atoms with Crippen LogP contribution in [-0.4, -0.2) is 46.5 Å². The lowest BCUT2D eigenvalue weighted by Gasteiger charge is -2.26. The number of nitrogens with zero attached hydrogens (tertiary/aromatic N) is 3. The quantitative estimate of drug-likeness (QED) is 0.424. The molecular weight excluding hydrogens is 460 g/mol.